The summed E-state index contributed by atoms with van der Waals surface area (Å²) in [5, 5.41) is 2.79. The van der Waals surface area contributed by atoms with E-state index in [-0.39, 0.29) is 29.0 Å². The first kappa shape index (κ1) is 18.7. The number of likely N-dealkylation sites (tertiary alicyclic amines) is 1. The molecule has 4 rings (SSSR count). The molecular formula is C21H30FN3O2. The molecule has 1 N–H and O–H groups in total. The predicted octanol–water partition coefficient (Wildman–Crippen LogP) is 3.23. The predicted molar refractivity (Wildman–Crippen MR) is 102 cm³/mol. The standard InChI is InChI=1S/C21H30FN3O2/c1-15-12-16(22)4-5-17(15)18-13-21(8-9-24(18)19(26)23-3)7-6-20(2)14-27-11-10-25(20)21/h4-5,12,18H,6-11,13-14H2,1-3H3,(H,23,26)/t18-,20-,21?/m1/s1. The zero-order valence-corrected chi connectivity index (χ0v) is 16.6. The van der Waals surface area contributed by atoms with Gasteiger partial charge in [0.15, 0.2) is 0 Å². The Morgan fingerprint density at radius 3 is 2.85 bits per heavy atom. The van der Waals surface area contributed by atoms with E-state index in [4.69, 9.17) is 4.74 Å². The lowest BCUT2D eigenvalue weighted by molar-refractivity contribution is -0.0951. The number of urea groups is 1. The number of carbonyl (C=O) groups excluding carboxylic acids is 1. The normalized spacial score (nSPS) is 33.9. The topological polar surface area (TPSA) is 44.8 Å². The molecule has 27 heavy (non-hydrogen) atoms. The Morgan fingerprint density at radius 2 is 2.11 bits per heavy atom. The van der Waals surface area contributed by atoms with Crippen LogP contribution in [0.25, 0.3) is 0 Å². The van der Waals surface area contributed by atoms with Gasteiger partial charge < -0.3 is 15.0 Å². The molecule has 148 valence electrons. The van der Waals surface area contributed by atoms with Crippen LogP contribution in [0, 0.1) is 12.7 Å². The fourth-order valence-electron chi connectivity index (χ4n) is 5.66. The third-order valence-electron chi connectivity index (χ3n) is 7.06. The quantitative estimate of drug-likeness (QED) is 0.820. The Balaban J connectivity index is 1.70. The maximum absolute atomic E-state index is 13.7. The van der Waals surface area contributed by atoms with Crippen molar-refractivity contribution in [1.82, 2.24) is 15.1 Å². The van der Waals surface area contributed by atoms with Crippen LogP contribution in [-0.4, -0.2) is 60.3 Å². The van der Waals surface area contributed by atoms with Crippen LogP contribution >= 0.6 is 0 Å². The van der Waals surface area contributed by atoms with E-state index in [1.54, 1.807) is 13.1 Å². The molecule has 0 aliphatic carbocycles. The molecule has 2 amide bonds. The third kappa shape index (κ3) is 3.03. The summed E-state index contributed by atoms with van der Waals surface area (Å²) < 4.78 is 19.5. The van der Waals surface area contributed by atoms with Gasteiger partial charge in [-0.25, -0.2) is 9.18 Å². The molecule has 3 heterocycles. The van der Waals surface area contributed by atoms with Gasteiger partial charge in [0.05, 0.1) is 19.3 Å². The smallest absolute Gasteiger partial charge is 0.317 e. The molecule has 1 aromatic carbocycles. The van der Waals surface area contributed by atoms with Gasteiger partial charge in [0, 0.05) is 31.2 Å². The molecule has 1 aromatic rings. The van der Waals surface area contributed by atoms with E-state index in [1.807, 2.05) is 17.9 Å². The molecule has 1 unspecified atom stereocenters. The number of amides is 2. The van der Waals surface area contributed by atoms with Gasteiger partial charge >= 0.3 is 6.03 Å². The van der Waals surface area contributed by atoms with Crippen molar-refractivity contribution in [2.45, 2.75) is 56.7 Å². The third-order valence-corrected chi connectivity index (χ3v) is 7.06. The van der Waals surface area contributed by atoms with Crippen LogP contribution < -0.4 is 5.32 Å². The number of nitrogens with zero attached hydrogens (tertiary/aromatic N) is 2. The van der Waals surface area contributed by atoms with Crippen LogP contribution in [0.2, 0.25) is 0 Å². The Morgan fingerprint density at radius 1 is 1.30 bits per heavy atom. The number of nitrogens with one attached hydrogen (secondary N) is 1. The number of halogens is 1. The van der Waals surface area contributed by atoms with Gasteiger partial charge in [0.25, 0.3) is 0 Å². The molecule has 0 radical (unpaired) electrons. The number of hydrogen-bond donors (Lipinski definition) is 1. The van der Waals surface area contributed by atoms with Crippen molar-refractivity contribution in [2.75, 3.05) is 33.4 Å². The number of benzene rings is 1. The van der Waals surface area contributed by atoms with Gasteiger partial charge in [0.1, 0.15) is 5.82 Å². The summed E-state index contributed by atoms with van der Waals surface area (Å²) in [5.41, 5.74) is 2.15. The number of morpholine rings is 1. The number of rotatable bonds is 1. The average Bonchev–Trinajstić information content (AvgIpc) is 2.94. The minimum absolute atomic E-state index is 0.0375. The largest absolute Gasteiger partial charge is 0.378 e. The van der Waals surface area contributed by atoms with Gasteiger partial charge in [-0.3, -0.25) is 4.90 Å². The summed E-state index contributed by atoms with van der Waals surface area (Å²) in [7, 11) is 1.68. The van der Waals surface area contributed by atoms with Gasteiger partial charge in [-0.05, 0) is 62.8 Å². The van der Waals surface area contributed by atoms with E-state index in [2.05, 4.69) is 17.1 Å². The van der Waals surface area contributed by atoms with E-state index >= 15 is 0 Å². The maximum atomic E-state index is 13.7. The highest BCUT2D eigenvalue weighted by atomic mass is 19.1. The summed E-state index contributed by atoms with van der Waals surface area (Å²) in [6, 6.07) is 4.86. The van der Waals surface area contributed by atoms with Crippen molar-refractivity contribution in [2.24, 2.45) is 0 Å². The van der Waals surface area contributed by atoms with Gasteiger partial charge in [-0.1, -0.05) is 6.07 Å². The average molecular weight is 375 g/mol. The maximum Gasteiger partial charge on any atom is 0.317 e. The molecule has 3 atom stereocenters. The molecule has 0 aromatic heterocycles. The van der Waals surface area contributed by atoms with E-state index < -0.39 is 0 Å². The molecule has 5 nitrogen and oxygen atoms in total. The Kier molecular flexibility index (Phi) is 4.67. The zero-order valence-electron chi connectivity index (χ0n) is 16.6. The molecule has 3 saturated heterocycles. The lowest BCUT2D eigenvalue weighted by atomic mass is 9.78. The van der Waals surface area contributed by atoms with Crippen LogP contribution in [0.15, 0.2) is 18.2 Å². The van der Waals surface area contributed by atoms with Crippen molar-refractivity contribution >= 4 is 6.03 Å². The van der Waals surface area contributed by atoms with E-state index in [1.165, 1.54) is 6.07 Å². The molecule has 3 aliphatic heterocycles. The summed E-state index contributed by atoms with van der Waals surface area (Å²) in [5.74, 6) is -0.227. The minimum atomic E-state index is -0.227. The van der Waals surface area contributed by atoms with Crippen molar-refractivity contribution in [1.29, 1.82) is 0 Å². The Hall–Kier alpha value is -1.66. The van der Waals surface area contributed by atoms with Crippen molar-refractivity contribution in [3.05, 3.63) is 35.1 Å². The first-order chi connectivity index (χ1) is 12.9. The summed E-state index contributed by atoms with van der Waals surface area (Å²) in [6.45, 7) is 7.48. The number of hydrogen-bond acceptors (Lipinski definition) is 3. The highest BCUT2D eigenvalue weighted by Crippen LogP contribution is 2.52. The second-order valence-corrected chi connectivity index (χ2v) is 8.64. The van der Waals surface area contributed by atoms with Crippen molar-refractivity contribution < 1.29 is 13.9 Å². The number of piperidine rings is 1. The highest BCUT2D eigenvalue weighted by Gasteiger charge is 2.56. The van der Waals surface area contributed by atoms with Crippen LogP contribution in [0.5, 0.6) is 0 Å². The van der Waals surface area contributed by atoms with E-state index in [0.29, 0.717) is 6.54 Å². The van der Waals surface area contributed by atoms with Gasteiger partial charge in [-0.2, -0.15) is 0 Å². The lowest BCUT2D eigenvalue weighted by Gasteiger charge is -2.53. The summed E-state index contributed by atoms with van der Waals surface area (Å²) in [4.78, 5) is 17.2. The first-order valence-corrected chi connectivity index (χ1v) is 9.98. The fourth-order valence-corrected chi connectivity index (χ4v) is 5.66. The van der Waals surface area contributed by atoms with Crippen LogP contribution in [-0.2, 0) is 4.74 Å². The first-order valence-electron chi connectivity index (χ1n) is 9.98. The van der Waals surface area contributed by atoms with Gasteiger partial charge in [0.2, 0.25) is 0 Å². The Bertz CT molecular complexity index is 742. The molecule has 1 spiro atoms. The summed E-state index contributed by atoms with van der Waals surface area (Å²) in [6.07, 6.45) is 4.13. The minimum Gasteiger partial charge on any atom is -0.378 e. The molecule has 3 fully saturated rings. The number of aryl methyl sites for hydroxylation is 1. The highest BCUT2D eigenvalue weighted by molar-refractivity contribution is 5.74. The second kappa shape index (κ2) is 6.74. The number of carbonyl (C=O) groups is 1. The van der Waals surface area contributed by atoms with Crippen LogP contribution in [0.3, 0.4) is 0 Å². The summed E-state index contributed by atoms with van der Waals surface area (Å²) >= 11 is 0. The monoisotopic (exact) mass is 375 g/mol. The van der Waals surface area contributed by atoms with E-state index in [0.717, 1.165) is 56.6 Å². The van der Waals surface area contributed by atoms with Crippen LogP contribution in [0.1, 0.15) is 49.8 Å². The molecule has 3 aliphatic rings. The number of fused-ring (bicyclic) bond motifs is 2. The van der Waals surface area contributed by atoms with Crippen molar-refractivity contribution in [3.63, 3.8) is 0 Å². The van der Waals surface area contributed by atoms with Crippen LogP contribution in [0.4, 0.5) is 9.18 Å². The van der Waals surface area contributed by atoms with Gasteiger partial charge in [-0.15, -0.1) is 0 Å². The lowest BCUT2D eigenvalue weighted by Crippen LogP contribution is -2.62. The molecule has 0 saturated carbocycles. The number of ether oxygens (including phenoxy) is 1. The van der Waals surface area contributed by atoms with Crippen molar-refractivity contribution in [3.8, 4) is 0 Å². The zero-order chi connectivity index (χ0) is 19.2. The second-order valence-electron chi connectivity index (χ2n) is 8.64. The fraction of sp³-hybridized carbons (Fsp3) is 0.667. The SMILES string of the molecule is CNC(=O)N1CCC2(CC[C@]3(C)COCCN23)C[C@@H]1c1ccc(F)cc1C. The molecule has 0 bridgehead atoms. The Labute approximate surface area is 160 Å². The molecular weight excluding hydrogens is 345 g/mol. The van der Waals surface area contributed by atoms with E-state index in [9.17, 15) is 9.18 Å². The molecule has 6 heteroatoms.